The van der Waals surface area contributed by atoms with E-state index in [9.17, 15) is 0 Å². The molecule has 1 radical (unpaired) electrons. The van der Waals surface area contributed by atoms with Crippen molar-refractivity contribution in [1.82, 2.24) is 5.32 Å². The molecule has 0 atom stereocenters. The maximum absolute atomic E-state index is 3.79. The van der Waals surface area contributed by atoms with E-state index in [4.69, 9.17) is 0 Å². The number of hydrogen-bond donors (Lipinski definition) is 1. The van der Waals surface area contributed by atoms with E-state index < -0.39 is 0 Å². The number of nitrogens with one attached hydrogen (secondary N) is 1. The monoisotopic (exact) mass is 196 g/mol. The van der Waals surface area contributed by atoms with Crippen LogP contribution >= 0.6 is 0 Å². The standard InChI is InChI=1S/C14H14N/c1-15-14(12-8-4-2-5-9-12)13-10-6-3-7-11-13/h2-11,14-15H,1H2. The summed E-state index contributed by atoms with van der Waals surface area (Å²) in [6, 6.07) is 20.8. The van der Waals surface area contributed by atoms with Gasteiger partial charge in [-0.05, 0) is 11.1 Å². The van der Waals surface area contributed by atoms with Gasteiger partial charge in [0, 0.05) is 7.05 Å². The summed E-state index contributed by atoms with van der Waals surface area (Å²) in [6.45, 7) is 0. The molecule has 75 valence electrons. The molecule has 0 saturated carbocycles. The van der Waals surface area contributed by atoms with Gasteiger partial charge in [-0.1, -0.05) is 60.7 Å². The van der Waals surface area contributed by atoms with Crippen molar-refractivity contribution in [3.8, 4) is 0 Å². The molecule has 0 aliphatic rings. The molecule has 0 spiro atoms. The van der Waals surface area contributed by atoms with Crippen LogP contribution in [0.1, 0.15) is 17.2 Å². The molecule has 0 aliphatic heterocycles. The van der Waals surface area contributed by atoms with Crippen molar-refractivity contribution in [2.24, 2.45) is 0 Å². The molecule has 0 unspecified atom stereocenters. The van der Waals surface area contributed by atoms with Crippen LogP contribution in [0.25, 0.3) is 0 Å². The Labute approximate surface area is 90.8 Å². The van der Waals surface area contributed by atoms with Crippen molar-refractivity contribution in [1.29, 1.82) is 0 Å². The summed E-state index contributed by atoms with van der Waals surface area (Å²) < 4.78 is 0. The van der Waals surface area contributed by atoms with Gasteiger partial charge in [-0.15, -0.1) is 0 Å². The van der Waals surface area contributed by atoms with E-state index in [1.807, 2.05) is 36.4 Å². The van der Waals surface area contributed by atoms with Crippen molar-refractivity contribution in [2.45, 2.75) is 6.04 Å². The first-order chi connectivity index (χ1) is 7.42. The third-order valence-electron chi connectivity index (χ3n) is 2.47. The Bertz CT molecular complexity index is 355. The molecule has 1 heteroatoms. The largest absolute Gasteiger partial charge is 0.305 e. The maximum atomic E-state index is 3.79. The van der Waals surface area contributed by atoms with Crippen molar-refractivity contribution in [3.05, 3.63) is 78.8 Å². The molecule has 0 bridgehead atoms. The third kappa shape index (κ3) is 2.25. The van der Waals surface area contributed by atoms with E-state index in [2.05, 4.69) is 36.6 Å². The molecule has 0 aromatic heterocycles. The van der Waals surface area contributed by atoms with E-state index in [0.717, 1.165) is 0 Å². The van der Waals surface area contributed by atoms with Crippen LogP contribution < -0.4 is 5.32 Å². The highest BCUT2D eigenvalue weighted by atomic mass is 14.9. The molecule has 2 rings (SSSR count). The Kier molecular flexibility index (Phi) is 3.15. The smallest absolute Gasteiger partial charge is 0.0577 e. The molecule has 0 heterocycles. The van der Waals surface area contributed by atoms with Gasteiger partial charge in [0.25, 0.3) is 0 Å². The SMILES string of the molecule is [CH2]NC(c1ccccc1)c1ccccc1. The summed E-state index contributed by atoms with van der Waals surface area (Å²) in [5.41, 5.74) is 2.47. The number of hydrogen-bond acceptors (Lipinski definition) is 1. The molecule has 0 fully saturated rings. The Hall–Kier alpha value is -1.60. The van der Waals surface area contributed by atoms with Gasteiger partial charge in [-0.3, -0.25) is 0 Å². The van der Waals surface area contributed by atoms with Gasteiger partial charge in [-0.25, -0.2) is 0 Å². The Balaban J connectivity index is 2.34. The molecule has 2 aromatic rings. The Morgan fingerprint density at radius 1 is 0.733 bits per heavy atom. The maximum Gasteiger partial charge on any atom is 0.0577 e. The molecule has 0 aliphatic carbocycles. The first kappa shape index (κ1) is 9.94. The van der Waals surface area contributed by atoms with Gasteiger partial charge in [0.2, 0.25) is 0 Å². The predicted molar refractivity (Wildman–Crippen MR) is 63.2 cm³/mol. The Morgan fingerprint density at radius 2 is 1.13 bits per heavy atom. The second-order valence-electron chi connectivity index (χ2n) is 3.46. The summed E-state index contributed by atoms with van der Waals surface area (Å²) in [7, 11) is 3.79. The molecule has 0 amide bonds. The first-order valence-corrected chi connectivity index (χ1v) is 5.04. The fraction of sp³-hybridized carbons (Fsp3) is 0.0714. The normalized spacial score (nSPS) is 10.5. The van der Waals surface area contributed by atoms with Crippen molar-refractivity contribution < 1.29 is 0 Å². The molecule has 0 saturated heterocycles. The zero-order chi connectivity index (χ0) is 10.5. The number of benzene rings is 2. The lowest BCUT2D eigenvalue weighted by molar-refractivity contribution is 0.726. The topological polar surface area (TPSA) is 12.0 Å². The highest BCUT2D eigenvalue weighted by Gasteiger charge is 2.09. The molecular formula is C14H14N. The van der Waals surface area contributed by atoms with Crippen molar-refractivity contribution in [2.75, 3.05) is 0 Å². The van der Waals surface area contributed by atoms with E-state index in [1.165, 1.54) is 11.1 Å². The third-order valence-corrected chi connectivity index (χ3v) is 2.47. The van der Waals surface area contributed by atoms with Gasteiger partial charge in [-0.2, -0.15) is 0 Å². The van der Waals surface area contributed by atoms with Crippen LogP contribution in [0.15, 0.2) is 60.7 Å². The molecule has 1 nitrogen and oxygen atoms in total. The van der Waals surface area contributed by atoms with E-state index in [1.54, 1.807) is 0 Å². The van der Waals surface area contributed by atoms with Crippen LogP contribution in [0.5, 0.6) is 0 Å². The minimum absolute atomic E-state index is 0.174. The summed E-state index contributed by atoms with van der Waals surface area (Å²) in [5, 5.41) is 3.08. The lowest BCUT2D eigenvalue weighted by atomic mass is 9.99. The van der Waals surface area contributed by atoms with Gasteiger partial charge >= 0.3 is 0 Å². The van der Waals surface area contributed by atoms with E-state index in [0.29, 0.717) is 0 Å². The average molecular weight is 196 g/mol. The minimum Gasteiger partial charge on any atom is -0.305 e. The summed E-state index contributed by atoms with van der Waals surface area (Å²) in [5.74, 6) is 0. The van der Waals surface area contributed by atoms with Crippen LogP contribution in [0.2, 0.25) is 0 Å². The van der Waals surface area contributed by atoms with Crippen LogP contribution in [0.4, 0.5) is 0 Å². The van der Waals surface area contributed by atoms with E-state index >= 15 is 0 Å². The second kappa shape index (κ2) is 4.76. The molecule has 1 N–H and O–H groups in total. The predicted octanol–water partition coefficient (Wildman–Crippen LogP) is 3.16. The van der Waals surface area contributed by atoms with Gasteiger partial charge in [0.1, 0.15) is 0 Å². The lowest BCUT2D eigenvalue weighted by Gasteiger charge is -2.16. The van der Waals surface area contributed by atoms with Crippen molar-refractivity contribution >= 4 is 0 Å². The van der Waals surface area contributed by atoms with Gasteiger partial charge in [0.05, 0.1) is 6.04 Å². The molecule has 15 heavy (non-hydrogen) atoms. The second-order valence-corrected chi connectivity index (χ2v) is 3.46. The Morgan fingerprint density at radius 3 is 1.47 bits per heavy atom. The fourth-order valence-corrected chi connectivity index (χ4v) is 1.72. The number of rotatable bonds is 3. The zero-order valence-corrected chi connectivity index (χ0v) is 8.56. The molecular weight excluding hydrogens is 182 g/mol. The summed E-state index contributed by atoms with van der Waals surface area (Å²) in [4.78, 5) is 0. The summed E-state index contributed by atoms with van der Waals surface area (Å²) >= 11 is 0. The first-order valence-electron chi connectivity index (χ1n) is 5.04. The van der Waals surface area contributed by atoms with Crippen molar-refractivity contribution in [3.63, 3.8) is 0 Å². The highest BCUT2D eigenvalue weighted by Crippen LogP contribution is 2.20. The minimum atomic E-state index is 0.174. The fourth-order valence-electron chi connectivity index (χ4n) is 1.72. The zero-order valence-electron chi connectivity index (χ0n) is 8.56. The van der Waals surface area contributed by atoms with Crippen LogP contribution in [-0.2, 0) is 0 Å². The quantitative estimate of drug-likeness (QED) is 0.795. The van der Waals surface area contributed by atoms with Gasteiger partial charge in [0.15, 0.2) is 0 Å². The summed E-state index contributed by atoms with van der Waals surface area (Å²) in [6.07, 6.45) is 0. The van der Waals surface area contributed by atoms with Gasteiger partial charge < -0.3 is 5.32 Å². The average Bonchev–Trinajstić information content (AvgIpc) is 2.33. The lowest BCUT2D eigenvalue weighted by Crippen LogP contribution is -2.15. The van der Waals surface area contributed by atoms with Crippen LogP contribution in [-0.4, -0.2) is 0 Å². The molecule has 2 aromatic carbocycles. The van der Waals surface area contributed by atoms with Crippen LogP contribution in [0, 0.1) is 7.05 Å². The highest BCUT2D eigenvalue weighted by molar-refractivity contribution is 5.31. The van der Waals surface area contributed by atoms with Crippen LogP contribution in [0.3, 0.4) is 0 Å². The van der Waals surface area contributed by atoms with E-state index in [-0.39, 0.29) is 6.04 Å².